The van der Waals surface area contributed by atoms with Crippen molar-refractivity contribution < 1.29 is 14.6 Å². The van der Waals surface area contributed by atoms with Gasteiger partial charge in [0, 0.05) is 23.8 Å². The molecule has 0 radical (unpaired) electrons. The fraction of sp³-hybridized carbons (Fsp3) is 0.0714. The second-order valence-electron chi connectivity index (χ2n) is 4.69. The lowest BCUT2D eigenvalue weighted by molar-refractivity contribution is -0.385. The van der Waals surface area contributed by atoms with E-state index in [0.29, 0.717) is 22.4 Å². The van der Waals surface area contributed by atoms with Gasteiger partial charge >= 0.3 is 5.69 Å². The number of H-pyrrole nitrogens is 1. The molecular formula is C14H10N4O5. The molecule has 2 aromatic carbocycles. The van der Waals surface area contributed by atoms with Gasteiger partial charge in [0.1, 0.15) is 5.82 Å². The molecule has 9 heteroatoms. The van der Waals surface area contributed by atoms with E-state index >= 15 is 0 Å². The maximum absolute atomic E-state index is 11.1. The number of aromatic nitrogens is 2. The zero-order valence-corrected chi connectivity index (χ0v) is 11.8. The lowest BCUT2D eigenvalue weighted by atomic mass is 10.2. The first-order valence-corrected chi connectivity index (χ1v) is 6.46. The van der Waals surface area contributed by atoms with Gasteiger partial charge in [-0.15, -0.1) is 0 Å². The molecule has 0 saturated heterocycles. The number of methoxy groups -OCH3 is 1. The second kappa shape index (κ2) is 5.37. The minimum atomic E-state index is -0.546. The highest BCUT2D eigenvalue weighted by molar-refractivity contribution is 5.82. The normalized spacial score (nSPS) is 10.7. The third-order valence-electron chi connectivity index (χ3n) is 3.33. The van der Waals surface area contributed by atoms with Gasteiger partial charge in [0.25, 0.3) is 5.69 Å². The first-order valence-electron chi connectivity index (χ1n) is 6.46. The Hall–Kier alpha value is -3.49. The average Bonchev–Trinajstić information content (AvgIpc) is 2.97. The molecule has 9 nitrogen and oxygen atoms in total. The molecule has 3 rings (SSSR count). The van der Waals surface area contributed by atoms with Gasteiger partial charge in [-0.25, -0.2) is 4.98 Å². The summed E-state index contributed by atoms with van der Waals surface area (Å²) in [5.41, 5.74) is 1.25. The predicted molar refractivity (Wildman–Crippen MR) is 81.4 cm³/mol. The Bertz CT molecular complexity index is 934. The van der Waals surface area contributed by atoms with Crippen LogP contribution in [0, 0.1) is 20.2 Å². The van der Waals surface area contributed by atoms with E-state index in [0.717, 1.165) is 0 Å². The molecule has 0 atom stereocenters. The molecular weight excluding hydrogens is 304 g/mol. The van der Waals surface area contributed by atoms with Crippen LogP contribution in [0.25, 0.3) is 22.4 Å². The zero-order chi connectivity index (χ0) is 16.6. The zero-order valence-electron chi connectivity index (χ0n) is 11.8. The van der Waals surface area contributed by atoms with E-state index in [-0.39, 0.29) is 17.1 Å². The molecule has 0 saturated carbocycles. The van der Waals surface area contributed by atoms with Crippen molar-refractivity contribution in [2.75, 3.05) is 7.11 Å². The minimum absolute atomic E-state index is 0.0617. The van der Waals surface area contributed by atoms with E-state index in [9.17, 15) is 20.2 Å². The van der Waals surface area contributed by atoms with Crippen LogP contribution in [0.1, 0.15) is 0 Å². The Morgan fingerprint density at radius 1 is 1.09 bits per heavy atom. The molecule has 0 spiro atoms. The van der Waals surface area contributed by atoms with Crippen LogP contribution in [0.2, 0.25) is 0 Å². The molecule has 23 heavy (non-hydrogen) atoms. The highest BCUT2D eigenvalue weighted by Crippen LogP contribution is 2.32. The number of rotatable bonds is 4. The van der Waals surface area contributed by atoms with Crippen molar-refractivity contribution in [3.63, 3.8) is 0 Å². The fourth-order valence-corrected chi connectivity index (χ4v) is 2.23. The highest BCUT2D eigenvalue weighted by atomic mass is 16.6. The number of hydrogen-bond acceptors (Lipinski definition) is 6. The van der Waals surface area contributed by atoms with Crippen LogP contribution < -0.4 is 4.74 Å². The summed E-state index contributed by atoms with van der Waals surface area (Å²) in [6.45, 7) is 0. The van der Waals surface area contributed by atoms with Gasteiger partial charge in [0.2, 0.25) is 0 Å². The maximum atomic E-state index is 11.1. The van der Waals surface area contributed by atoms with Crippen LogP contribution in [0.5, 0.6) is 5.75 Å². The van der Waals surface area contributed by atoms with E-state index in [1.807, 2.05) is 0 Å². The van der Waals surface area contributed by atoms with Gasteiger partial charge in [0.05, 0.1) is 28.0 Å². The number of hydrogen-bond donors (Lipinski definition) is 1. The number of benzene rings is 2. The van der Waals surface area contributed by atoms with Crippen molar-refractivity contribution >= 4 is 22.4 Å². The SMILES string of the molecule is COc1ccc(-c2nc3ccc([N+](=O)[O-])cc3[nH]2)cc1[N+](=O)[O-]. The number of aromatic amines is 1. The van der Waals surface area contributed by atoms with E-state index in [1.165, 1.54) is 37.4 Å². The van der Waals surface area contributed by atoms with Gasteiger partial charge in [0.15, 0.2) is 5.75 Å². The second-order valence-corrected chi connectivity index (χ2v) is 4.69. The van der Waals surface area contributed by atoms with Gasteiger partial charge in [-0.1, -0.05) is 0 Å². The summed E-state index contributed by atoms with van der Waals surface area (Å²) in [5, 5.41) is 21.9. The monoisotopic (exact) mass is 314 g/mol. The first-order chi connectivity index (χ1) is 11.0. The van der Waals surface area contributed by atoms with Crippen molar-refractivity contribution in [2.24, 2.45) is 0 Å². The maximum Gasteiger partial charge on any atom is 0.311 e. The molecule has 0 aliphatic carbocycles. The van der Waals surface area contributed by atoms with Crippen molar-refractivity contribution in [3.05, 3.63) is 56.6 Å². The Balaban J connectivity index is 2.11. The standard InChI is InChI=1S/C14H10N4O5/c1-23-13-5-2-8(6-12(13)18(21)22)14-15-10-4-3-9(17(19)20)7-11(10)16-14/h2-7H,1H3,(H,15,16). The number of non-ortho nitro benzene ring substituents is 1. The van der Waals surface area contributed by atoms with Crippen LogP contribution >= 0.6 is 0 Å². The first kappa shape index (κ1) is 14.4. The average molecular weight is 314 g/mol. The van der Waals surface area contributed by atoms with Crippen LogP contribution in [0.15, 0.2) is 36.4 Å². The van der Waals surface area contributed by atoms with Crippen molar-refractivity contribution in [3.8, 4) is 17.1 Å². The number of nitro benzene ring substituents is 2. The number of nitrogens with zero attached hydrogens (tertiary/aromatic N) is 3. The number of imidazole rings is 1. The molecule has 0 aliphatic heterocycles. The van der Waals surface area contributed by atoms with Crippen molar-refractivity contribution in [1.29, 1.82) is 0 Å². The minimum Gasteiger partial charge on any atom is -0.490 e. The highest BCUT2D eigenvalue weighted by Gasteiger charge is 2.17. The lowest BCUT2D eigenvalue weighted by Gasteiger charge is -2.02. The summed E-state index contributed by atoms with van der Waals surface area (Å²) in [5.74, 6) is 0.525. The van der Waals surface area contributed by atoms with Gasteiger partial charge in [-0.3, -0.25) is 20.2 Å². The Kier molecular flexibility index (Phi) is 3.37. The summed E-state index contributed by atoms with van der Waals surface area (Å²) in [4.78, 5) is 28.1. The molecule has 116 valence electrons. The number of nitrogens with one attached hydrogen (secondary N) is 1. The summed E-state index contributed by atoms with van der Waals surface area (Å²) in [6.07, 6.45) is 0. The Labute approximate surface area is 128 Å². The van der Waals surface area contributed by atoms with Crippen LogP contribution in [0.4, 0.5) is 11.4 Å². The van der Waals surface area contributed by atoms with Crippen molar-refractivity contribution in [2.45, 2.75) is 0 Å². The quantitative estimate of drug-likeness (QED) is 0.583. The van der Waals surface area contributed by atoms with E-state index in [1.54, 1.807) is 6.07 Å². The van der Waals surface area contributed by atoms with Crippen molar-refractivity contribution in [1.82, 2.24) is 9.97 Å². The molecule has 0 fully saturated rings. The molecule has 3 aromatic rings. The number of nitro groups is 2. The van der Waals surface area contributed by atoms with Crippen LogP contribution in [0.3, 0.4) is 0 Å². The lowest BCUT2D eigenvalue weighted by Crippen LogP contribution is -1.94. The van der Waals surface area contributed by atoms with Gasteiger partial charge in [-0.05, 0) is 18.2 Å². The molecule has 0 unspecified atom stereocenters. The third kappa shape index (κ3) is 2.55. The Morgan fingerprint density at radius 3 is 2.52 bits per heavy atom. The summed E-state index contributed by atoms with van der Waals surface area (Å²) < 4.78 is 4.95. The number of fused-ring (bicyclic) bond motifs is 1. The molecule has 1 heterocycles. The van der Waals surface area contributed by atoms with Gasteiger partial charge < -0.3 is 9.72 Å². The largest absolute Gasteiger partial charge is 0.490 e. The Morgan fingerprint density at radius 2 is 1.87 bits per heavy atom. The summed E-state index contributed by atoms with van der Waals surface area (Å²) in [6, 6.07) is 8.67. The van der Waals surface area contributed by atoms with E-state index in [4.69, 9.17) is 4.74 Å². The van der Waals surface area contributed by atoms with E-state index < -0.39 is 9.85 Å². The van der Waals surface area contributed by atoms with Crippen LogP contribution in [-0.2, 0) is 0 Å². The third-order valence-corrected chi connectivity index (χ3v) is 3.33. The topological polar surface area (TPSA) is 124 Å². The molecule has 1 aromatic heterocycles. The molecule has 0 bridgehead atoms. The van der Waals surface area contributed by atoms with Crippen LogP contribution in [-0.4, -0.2) is 26.9 Å². The smallest absolute Gasteiger partial charge is 0.311 e. The van der Waals surface area contributed by atoms with E-state index in [2.05, 4.69) is 9.97 Å². The fourth-order valence-electron chi connectivity index (χ4n) is 2.23. The molecule has 1 N–H and O–H groups in total. The predicted octanol–water partition coefficient (Wildman–Crippen LogP) is 3.05. The van der Waals surface area contributed by atoms with Gasteiger partial charge in [-0.2, -0.15) is 0 Å². The molecule has 0 amide bonds. The summed E-state index contributed by atoms with van der Waals surface area (Å²) in [7, 11) is 1.35. The summed E-state index contributed by atoms with van der Waals surface area (Å²) >= 11 is 0. The molecule has 0 aliphatic rings. The number of ether oxygens (including phenoxy) is 1.